The topological polar surface area (TPSA) is 298 Å². The van der Waals surface area contributed by atoms with E-state index in [-0.39, 0.29) is 39.9 Å². The highest BCUT2D eigenvalue weighted by molar-refractivity contribution is 8.44. The molecular formula is C20H25N11O10P2S2. The van der Waals surface area contributed by atoms with Crippen molar-refractivity contribution in [1.29, 1.82) is 0 Å². The highest BCUT2D eigenvalue weighted by atomic mass is 32.7. The molecule has 7 rings (SSSR count). The Labute approximate surface area is 261 Å². The van der Waals surface area contributed by atoms with Gasteiger partial charge in [0.15, 0.2) is 35.4 Å². The lowest BCUT2D eigenvalue weighted by molar-refractivity contribution is -0.0594. The maximum atomic E-state index is 13.4. The monoisotopic (exact) mass is 705 g/mol. The summed E-state index contributed by atoms with van der Waals surface area (Å²) in [6.45, 7) is -9.57. The third kappa shape index (κ3) is 5.56. The van der Waals surface area contributed by atoms with E-state index in [2.05, 4.69) is 42.2 Å². The van der Waals surface area contributed by atoms with Crippen LogP contribution in [-0.4, -0.2) is 104 Å². The second kappa shape index (κ2) is 11.3. The summed E-state index contributed by atoms with van der Waals surface area (Å²) in [5.41, 5.74) is 18.4. The molecule has 3 aliphatic rings. The molecule has 0 spiro atoms. The zero-order valence-corrected chi connectivity index (χ0v) is 26.0. The maximum Gasteiger partial charge on any atom is 0.386 e. The molecule has 4 aromatic rings. The number of nitrogens with zero attached hydrogens (tertiary/aromatic N) is 8. The average Bonchev–Trinajstić information content (AvgIpc) is 3.72. The zero-order valence-electron chi connectivity index (χ0n) is 22.5. The van der Waals surface area contributed by atoms with Gasteiger partial charge in [-0.15, -0.1) is 0 Å². The molecule has 21 nitrogen and oxygen atoms in total. The number of imidazole rings is 2. The van der Waals surface area contributed by atoms with E-state index in [9.17, 15) is 19.7 Å². The number of nitrogens with two attached hydrogens (primary N) is 3. The number of thiol groups is 1. The van der Waals surface area contributed by atoms with Crippen molar-refractivity contribution in [3.05, 3.63) is 19.0 Å². The summed E-state index contributed by atoms with van der Waals surface area (Å²) in [5.74, 6) is -0.0656. The van der Waals surface area contributed by atoms with E-state index in [1.54, 1.807) is 0 Å². The van der Waals surface area contributed by atoms with Crippen molar-refractivity contribution in [2.45, 2.75) is 49.1 Å². The van der Waals surface area contributed by atoms with Crippen LogP contribution in [0.2, 0.25) is 0 Å². The molecule has 242 valence electrons. The van der Waals surface area contributed by atoms with E-state index in [1.165, 1.54) is 28.1 Å². The molecule has 3 saturated heterocycles. The molecule has 3 fully saturated rings. The largest absolute Gasteiger partial charge is 0.387 e. The summed E-state index contributed by atoms with van der Waals surface area (Å²) in [6.07, 6.45) is -6.89. The predicted octanol–water partition coefficient (Wildman–Crippen LogP) is -0.999. The van der Waals surface area contributed by atoms with E-state index >= 15 is 0 Å². The molecule has 10 atom stereocenters. The van der Waals surface area contributed by atoms with Crippen molar-refractivity contribution in [3.8, 4) is 0 Å². The van der Waals surface area contributed by atoms with Crippen molar-refractivity contribution in [2.75, 3.05) is 30.4 Å². The summed E-state index contributed by atoms with van der Waals surface area (Å²) in [4.78, 5) is 35.5. The van der Waals surface area contributed by atoms with E-state index in [0.29, 0.717) is 0 Å². The second-order valence-corrected chi connectivity index (χ2v) is 15.8. The normalized spacial score (nSPS) is 37.7. The first kappa shape index (κ1) is 31.0. The summed E-state index contributed by atoms with van der Waals surface area (Å²) < 4.78 is 50.7. The number of rotatable bonds is 2. The van der Waals surface area contributed by atoms with Crippen molar-refractivity contribution in [1.82, 2.24) is 39.0 Å². The van der Waals surface area contributed by atoms with Gasteiger partial charge in [-0.3, -0.25) is 22.7 Å². The molecule has 7 heterocycles. The van der Waals surface area contributed by atoms with Gasteiger partial charge in [-0.25, -0.2) is 24.5 Å². The molecule has 4 aromatic heterocycles. The highest BCUT2D eigenvalue weighted by Crippen LogP contribution is 2.58. The Kier molecular flexibility index (Phi) is 7.76. The molecule has 2 unspecified atom stereocenters. The highest BCUT2D eigenvalue weighted by Gasteiger charge is 2.53. The quantitative estimate of drug-likeness (QED) is 0.0972. The average molecular weight is 706 g/mol. The van der Waals surface area contributed by atoms with Gasteiger partial charge >= 0.3 is 13.5 Å². The number of ether oxygens (including phenoxy) is 2. The van der Waals surface area contributed by atoms with Crippen LogP contribution in [0.4, 0.5) is 17.6 Å². The minimum Gasteiger partial charge on any atom is -0.387 e. The van der Waals surface area contributed by atoms with Gasteiger partial charge in [0.2, 0.25) is 5.95 Å². The molecule has 0 saturated carbocycles. The first-order chi connectivity index (χ1) is 21.3. The molecule has 0 amide bonds. The summed E-state index contributed by atoms with van der Waals surface area (Å²) >= 11 is 9.34. The number of aliphatic hydroxyl groups is 2. The van der Waals surface area contributed by atoms with Crippen molar-refractivity contribution in [3.63, 3.8) is 0 Å². The third-order valence-corrected chi connectivity index (χ3v) is 10.5. The van der Waals surface area contributed by atoms with Crippen molar-refractivity contribution in [2.24, 2.45) is 0 Å². The van der Waals surface area contributed by atoms with Crippen molar-refractivity contribution < 1.29 is 47.2 Å². The molecule has 45 heavy (non-hydrogen) atoms. The third-order valence-electron chi connectivity index (χ3n) is 7.34. The molecule has 3 aliphatic heterocycles. The van der Waals surface area contributed by atoms with E-state index in [1.807, 2.05) is 0 Å². The Morgan fingerprint density at radius 3 is 2.27 bits per heavy atom. The van der Waals surface area contributed by atoms with E-state index in [4.69, 9.17) is 56.6 Å². The first-order valence-electron chi connectivity index (χ1n) is 13.0. The standard InChI is InChI=1S/C20H25N11O10P2S2/c21-14-8-16(25-3-24-14)30(4-26-8)19-13-10(32)6(38-19)1-36-42(34,44)40-12-7(2-37-43(35,45)41-13)39-18(11(12)33)31-5-27-9-15(22)28-20(23)29-17(9)31/h3-7,10-13,18-19,32-33H,1-2H2,(H,34,44)(H,35,45)(H2,21,24,25)(H4,22,23,28,29)/t6-,7-,10-,11-,12-,13-,18-,19-,42?,43?/m1/s1. The summed E-state index contributed by atoms with van der Waals surface area (Å²) in [6, 6.07) is 0. The maximum absolute atomic E-state index is 13.4. The Bertz CT molecular complexity index is 1880. The fraction of sp³-hybridized carbons (Fsp3) is 0.500. The van der Waals surface area contributed by atoms with Gasteiger partial charge in [0.05, 0.1) is 25.9 Å². The fourth-order valence-electron chi connectivity index (χ4n) is 5.31. The van der Waals surface area contributed by atoms with E-state index in [0.717, 1.165) is 0 Å². The van der Waals surface area contributed by atoms with Gasteiger partial charge in [-0.1, -0.05) is 12.2 Å². The molecule has 2 bridgehead atoms. The van der Waals surface area contributed by atoms with Crippen LogP contribution >= 0.6 is 25.8 Å². The Morgan fingerprint density at radius 2 is 1.51 bits per heavy atom. The van der Waals surface area contributed by atoms with Crippen LogP contribution in [-0.2, 0) is 43.9 Å². The lowest BCUT2D eigenvalue weighted by atomic mass is 10.1. The van der Waals surface area contributed by atoms with Crippen LogP contribution in [0, 0.1) is 0 Å². The number of hydrogen-bond acceptors (Lipinski definition) is 19. The number of anilines is 3. The van der Waals surface area contributed by atoms with E-state index < -0.39 is 75.8 Å². The van der Waals surface area contributed by atoms with Crippen molar-refractivity contribution >= 4 is 77.5 Å². The van der Waals surface area contributed by atoms with Crippen LogP contribution in [0.1, 0.15) is 12.5 Å². The Hall–Kier alpha value is -2.63. The zero-order chi connectivity index (χ0) is 31.8. The second-order valence-electron chi connectivity index (χ2n) is 10.2. The van der Waals surface area contributed by atoms with Crippen LogP contribution in [0.3, 0.4) is 0 Å². The number of fused-ring (bicyclic) bond motifs is 5. The lowest BCUT2D eigenvalue weighted by Crippen LogP contribution is -2.36. The predicted molar refractivity (Wildman–Crippen MR) is 158 cm³/mol. The minimum absolute atomic E-state index is 0.00537. The van der Waals surface area contributed by atoms with Gasteiger partial charge in [-0.05, 0) is 11.8 Å². The Balaban J connectivity index is 1.20. The molecule has 0 radical (unpaired) electrons. The number of hydrogen-bond donors (Lipinski definition) is 7. The lowest BCUT2D eigenvalue weighted by Gasteiger charge is -2.27. The number of aliphatic hydroxyl groups excluding tert-OH is 2. The van der Waals surface area contributed by atoms with Gasteiger partial charge in [0, 0.05) is 0 Å². The Morgan fingerprint density at radius 1 is 0.844 bits per heavy atom. The minimum atomic E-state index is -4.30. The fourth-order valence-corrected chi connectivity index (χ4v) is 8.21. The first-order valence-corrected chi connectivity index (χ1v) is 18.3. The van der Waals surface area contributed by atoms with Gasteiger partial charge < -0.3 is 46.3 Å². The number of aromatic nitrogens is 8. The summed E-state index contributed by atoms with van der Waals surface area (Å²) in [7, 11) is 0. The van der Waals surface area contributed by atoms with Gasteiger partial charge in [0.1, 0.15) is 54.0 Å². The van der Waals surface area contributed by atoms with Gasteiger partial charge in [0.25, 0.3) is 0 Å². The van der Waals surface area contributed by atoms with Gasteiger partial charge in [-0.2, -0.15) is 9.97 Å². The van der Waals surface area contributed by atoms with Crippen LogP contribution in [0.15, 0.2) is 19.0 Å². The van der Waals surface area contributed by atoms with Crippen LogP contribution < -0.4 is 17.2 Å². The summed E-state index contributed by atoms with van der Waals surface area (Å²) in [5, 5.41) is 22.5. The number of nitrogen functional groups attached to an aromatic ring is 3. The molecule has 9 N–H and O–H groups in total. The molecule has 0 aromatic carbocycles. The SMILES string of the molecule is Nc1nc(N)c2ncn([C@@H]3O[C@@H]4COP(O)(=S)O[C@@H]5[C@H](O)[C@@H](COP(=O)(S)O[C@H]4[C@H]3O)O[C@H]5n3cnc4c(N)ncnc43)c2n1. The molecule has 0 aliphatic carbocycles. The molecular weight excluding hydrogens is 680 g/mol. The smallest absolute Gasteiger partial charge is 0.386 e. The van der Waals surface area contributed by atoms with Crippen LogP contribution in [0.5, 0.6) is 0 Å². The molecule has 25 heteroatoms. The van der Waals surface area contributed by atoms with Crippen LogP contribution in [0.25, 0.3) is 22.3 Å².